The van der Waals surface area contributed by atoms with Crippen molar-refractivity contribution in [2.24, 2.45) is 0 Å². The van der Waals surface area contributed by atoms with Crippen molar-refractivity contribution < 1.29 is 15.0 Å². The molecule has 0 saturated heterocycles. The quantitative estimate of drug-likeness (QED) is 0.602. The number of rotatable bonds is 6. The van der Waals surface area contributed by atoms with E-state index in [1.807, 2.05) is 6.92 Å². The monoisotopic (exact) mass is 203 g/mol. The molecule has 0 bridgehead atoms. The zero-order chi connectivity index (χ0) is 11.4. The van der Waals surface area contributed by atoms with Crippen molar-refractivity contribution in [3.8, 4) is 0 Å². The van der Waals surface area contributed by atoms with Crippen LogP contribution in [0, 0.1) is 0 Å². The van der Waals surface area contributed by atoms with Crippen LogP contribution in [0.1, 0.15) is 40.5 Å². The molecule has 0 radical (unpaired) electrons. The summed E-state index contributed by atoms with van der Waals surface area (Å²) in [5, 5.41) is 21.3. The summed E-state index contributed by atoms with van der Waals surface area (Å²) >= 11 is 0. The largest absolute Gasteiger partial charge is 0.480 e. The third-order valence-electron chi connectivity index (χ3n) is 2.47. The van der Waals surface area contributed by atoms with Crippen LogP contribution in [0.5, 0.6) is 0 Å². The van der Waals surface area contributed by atoms with Crippen LogP contribution < -0.4 is 5.32 Å². The van der Waals surface area contributed by atoms with E-state index in [1.54, 1.807) is 20.8 Å². The van der Waals surface area contributed by atoms with E-state index < -0.39 is 23.7 Å². The molecule has 0 aliphatic heterocycles. The van der Waals surface area contributed by atoms with Crippen molar-refractivity contribution in [3.63, 3.8) is 0 Å². The van der Waals surface area contributed by atoms with Gasteiger partial charge in [-0.25, -0.2) is 0 Å². The Morgan fingerprint density at radius 2 is 2.00 bits per heavy atom. The number of nitrogens with one attached hydrogen (secondary N) is 1. The lowest BCUT2D eigenvalue weighted by Crippen LogP contribution is -2.55. The molecule has 0 spiro atoms. The van der Waals surface area contributed by atoms with Crippen LogP contribution in [0.4, 0.5) is 0 Å². The number of hydrogen-bond acceptors (Lipinski definition) is 3. The number of hydrogen-bond donors (Lipinski definition) is 3. The van der Waals surface area contributed by atoms with E-state index in [-0.39, 0.29) is 0 Å². The highest BCUT2D eigenvalue weighted by molar-refractivity contribution is 5.73. The molecule has 4 nitrogen and oxygen atoms in total. The Balaban J connectivity index is 4.35. The molecule has 0 fully saturated rings. The van der Waals surface area contributed by atoms with E-state index in [1.165, 1.54) is 0 Å². The smallest absolute Gasteiger partial charge is 0.320 e. The van der Waals surface area contributed by atoms with Gasteiger partial charge in [-0.1, -0.05) is 13.3 Å². The van der Waals surface area contributed by atoms with Crippen LogP contribution in [0.25, 0.3) is 0 Å². The lowest BCUT2D eigenvalue weighted by molar-refractivity contribution is -0.140. The Morgan fingerprint density at radius 1 is 1.50 bits per heavy atom. The Morgan fingerprint density at radius 3 is 2.29 bits per heavy atom. The maximum Gasteiger partial charge on any atom is 0.320 e. The molecule has 0 aromatic carbocycles. The van der Waals surface area contributed by atoms with Crippen LogP contribution in [0.2, 0.25) is 0 Å². The fourth-order valence-electron chi connectivity index (χ4n) is 1.12. The molecule has 0 aromatic heterocycles. The van der Waals surface area contributed by atoms with Crippen LogP contribution in [-0.4, -0.2) is 33.9 Å². The van der Waals surface area contributed by atoms with Gasteiger partial charge >= 0.3 is 5.97 Å². The summed E-state index contributed by atoms with van der Waals surface area (Å²) in [5.74, 6) is -0.861. The van der Waals surface area contributed by atoms with Gasteiger partial charge in [0.2, 0.25) is 0 Å². The standard InChI is InChI=1S/C10H21NO3/c1-5-6-8(9(13)14)11-10(3,4)7(2)12/h7-8,11-12H,5-6H2,1-4H3,(H,13,14). The number of aliphatic hydroxyl groups excluding tert-OH is 1. The van der Waals surface area contributed by atoms with Crippen LogP contribution in [0.15, 0.2) is 0 Å². The molecule has 2 unspecified atom stereocenters. The molecule has 0 rings (SSSR count). The van der Waals surface area contributed by atoms with Gasteiger partial charge in [-0.05, 0) is 27.2 Å². The minimum Gasteiger partial charge on any atom is -0.480 e. The van der Waals surface area contributed by atoms with Gasteiger partial charge in [-0.15, -0.1) is 0 Å². The molecule has 2 atom stereocenters. The van der Waals surface area contributed by atoms with Gasteiger partial charge in [0.1, 0.15) is 6.04 Å². The fourth-order valence-corrected chi connectivity index (χ4v) is 1.12. The van der Waals surface area contributed by atoms with Gasteiger partial charge in [0.15, 0.2) is 0 Å². The predicted octanol–water partition coefficient (Wildman–Crippen LogP) is 0.989. The molecule has 0 aliphatic carbocycles. The van der Waals surface area contributed by atoms with Gasteiger partial charge < -0.3 is 10.2 Å². The second-order valence-corrected chi connectivity index (χ2v) is 4.22. The summed E-state index contributed by atoms with van der Waals surface area (Å²) in [6.45, 7) is 7.18. The van der Waals surface area contributed by atoms with Gasteiger partial charge in [0.25, 0.3) is 0 Å². The topological polar surface area (TPSA) is 69.6 Å². The van der Waals surface area contributed by atoms with Gasteiger partial charge in [0, 0.05) is 5.54 Å². The third kappa shape index (κ3) is 4.07. The molecule has 0 heterocycles. The van der Waals surface area contributed by atoms with Crippen LogP contribution >= 0.6 is 0 Å². The van der Waals surface area contributed by atoms with E-state index in [9.17, 15) is 9.90 Å². The normalized spacial score (nSPS) is 16.4. The molecular formula is C10H21NO3. The SMILES string of the molecule is CCCC(NC(C)(C)C(C)O)C(=O)O. The Bertz CT molecular complexity index is 190. The molecule has 3 N–H and O–H groups in total. The molecule has 0 aromatic rings. The van der Waals surface area contributed by atoms with Crippen molar-refractivity contribution in [2.75, 3.05) is 0 Å². The zero-order valence-electron chi connectivity index (χ0n) is 9.37. The van der Waals surface area contributed by atoms with Crippen molar-refractivity contribution in [1.29, 1.82) is 0 Å². The van der Waals surface area contributed by atoms with E-state index >= 15 is 0 Å². The molecule has 14 heavy (non-hydrogen) atoms. The highest BCUT2D eigenvalue weighted by atomic mass is 16.4. The van der Waals surface area contributed by atoms with Crippen molar-refractivity contribution in [3.05, 3.63) is 0 Å². The van der Waals surface area contributed by atoms with E-state index in [2.05, 4.69) is 5.32 Å². The second kappa shape index (κ2) is 5.32. The maximum atomic E-state index is 10.8. The van der Waals surface area contributed by atoms with Gasteiger partial charge in [-0.2, -0.15) is 0 Å². The Hall–Kier alpha value is -0.610. The number of carboxylic acid groups (broad SMARTS) is 1. The minimum absolute atomic E-state index is 0.571. The number of carbonyl (C=O) groups is 1. The van der Waals surface area contributed by atoms with E-state index in [0.717, 1.165) is 6.42 Å². The fraction of sp³-hybridized carbons (Fsp3) is 0.900. The highest BCUT2D eigenvalue weighted by Crippen LogP contribution is 2.11. The second-order valence-electron chi connectivity index (χ2n) is 4.22. The average Bonchev–Trinajstić information content (AvgIpc) is 2.02. The molecule has 0 amide bonds. The zero-order valence-corrected chi connectivity index (χ0v) is 9.37. The van der Waals surface area contributed by atoms with Gasteiger partial charge in [-0.3, -0.25) is 10.1 Å². The number of aliphatic hydroxyl groups is 1. The molecule has 84 valence electrons. The average molecular weight is 203 g/mol. The van der Waals surface area contributed by atoms with E-state index in [4.69, 9.17) is 5.11 Å². The first-order valence-corrected chi connectivity index (χ1v) is 4.99. The maximum absolute atomic E-state index is 10.8. The molecular weight excluding hydrogens is 182 g/mol. The van der Waals surface area contributed by atoms with Crippen molar-refractivity contribution in [1.82, 2.24) is 5.32 Å². The van der Waals surface area contributed by atoms with Crippen molar-refractivity contribution in [2.45, 2.75) is 58.2 Å². The van der Waals surface area contributed by atoms with Crippen LogP contribution in [-0.2, 0) is 4.79 Å². The van der Waals surface area contributed by atoms with Gasteiger partial charge in [0.05, 0.1) is 6.10 Å². The molecule has 0 aliphatic rings. The summed E-state index contributed by atoms with van der Waals surface area (Å²) in [4.78, 5) is 10.8. The summed E-state index contributed by atoms with van der Waals surface area (Å²) < 4.78 is 0. The summed E-state index contributed by atoms with van der Waals surface area (Å²) in [6.07, 6.45) is 0.798. The summed E-state index contributed by atoms with van der Waals surface area (Å²) in [7, 11) is 0. The summed E-state index contributed by atoms with van der Waals surface area (Å²) in [6, 6.07) is -0.579. The predicted molar refractivity (Wildman–Crippen MR) is 55.2 cm³/mol. The van der Waals surface area contributed by atoms with Crippen molar-refractivity contribution >= 4 is 5.97 Å². The minimum atomic E-state index is -0.861. The Kier molecular flexibility index (Phi) is 5.08. The van der Waals surface area contributed by atoms with E-state index in [0.29, 0.717) is 6.42 Å². The lowest BCUT2D eigenvalue weighted by Gasteiger charge is -2.32. The lowest BCUT2D eigenvalue weighted by atomic mass is 9.96. The molecule has 0 saturated carbocycles. The Labute approximate surface area is 85.3 Å². The van der Waals surface area contributed by atoms with Crippen LogP contribution in [0.3, 0.4) is 0 Å². The first-order valence-electron chi connectivity index (χ1n) is 4.99. The highest BCUT2D eigenvalue weighted by Gasteiger charge is 2.29. The number of aliphatic carboxylic acids is 1. The summed E-state index contributed by atoms with van der Waals surface area (Å²) in [5.41, 5.74) is -0.571. The number of carboxylic acids is 1. The third-order valence-corrected chi connectivity index (χ3v) is 2.47. The first-order chi connectivity index (χ1) is 6.31. The first kappa shape index (κ1) is 13.4. The molecule has 4 heteroatoms.